The van der Waals surface area contributed by atoms with Gasteiger partial charge in [0.05, 0.1) is 53.2 Å². The predicted octanol–water partition coefficient (Wildman–Crippen LogP) is 3.33. The van der Waals surface area contributed by atoms with Crippen molar-refractivity contribution in [3.8, 4) is 6.07 Å². The first kappa shape index (κ1) is 15.5. The standard InChI is InChI=1S/C17H18N4O2S/c1-10(22)17-20-14-8-19-13-5-7-24-16(13)15(14)21(17)11-2-3-12(4-6-18)23-9-11/h5,7-8,10-12,22H,2-4,9H2,1H3/t10?,11?,12-/m1/s1. The van der Waals surface area contributed by atoms with Crippen LogP contribution in [0.1, 0.15) is 44.2 Å². The molecule has 0 bridgehead atoms. The van der Waals surface area contributed by atoms with E-state index in [4.69, 9.17) is 10.00 Å². The zero-order valence-corrected chi connectivity index (χ0v) is 14.2. The Balaban J connectivity index is 1.82. The molecule has 1 fully saturated rings. The van der Waals surface area contributed by atoms with Gasteiger partial charge in [-0.3, -0.25) is 4.98 Å². The average molecular weight is 342 g/mol. The molecule has 6 nitrogen and oxygen atoms in total. The van der Waals surface area contributed by atoms with Crippen LogP contribution in [0.15, 0.2) is 17.6 Å². The van der Waals surface area contributed by atoms with E-state index in [0.29, 0.717) is 18.9 Å². The summed E-state index contributed by atoms with van der Waals surface area (Å²) in [5, 5.41) is 21.1. The molecule has 1 saturated heterocycles. The molecule has 3 atom stereocenters. The number of aliphatic hydroxyl groups is 1. The SMILES string of the molecule is CC(O)c1nc2cnc3ccsc3c2n1C1CC[C@H](CC#N)OC1. The molecule has 1 N–H and O–H groups in total. The number of rotatable bonds is 3. The molecule has 24 heavy (non-hydrogen) atoms. The van der Waals surface area contributed by atoms with Gasteiger partial charge in [0, 0.05) is 0 Å². The van der Waals surface area contributed by atoms with E-state index in [2.05, 4.69) is 20.6 Å². The molecular weight excluding hydrogens is 324 g/mol. The molecule has 3 aromatic rings. The molecular formula is C17H18N4O2S. The molecule has 4 rings (SSSR count). The van der Waals surface area contributed by atoms with Crippen molar-refractivity contribution in [1.82, 2.24) is 14.5 Å². The van der Waals surface area contributed by atoms with Gasteiger partial charge in [0.15, 0.2) is 0 Å². The minimum absolute atomic E-state index is 0.0134. The normalized spacial score (nSPS) is 22.7. The number of pyridine rings is 1. The fraction of sp³-hybridized carbons (Fsp3) is 0.471. The molecule has 1 aliphatic rings. The van der Waals surface area contributed by atoms with Crippen molar-refractivity contribution in [3.63, 3.8) is 0 Å². The number of thiophene rings is 1. The van der Waals surface area contributed by atoms with Crippen LogP contribution in [0, 0.1) is 11.3 Å². The van der Waals surface area contributed by atoms with Gasteiger partial charge in [0.2, 0.25) is 0 Å². The van der Waals surface area contributed by atoms with Crippen molar-refractivity contribution < 1.29 is 9.84 Å². The summed E-state index contributed by atoms with van der Waals surface area (Å²) in [6.45, 7) is 2.27. The highest BCUT2D eigenvalue weighted by Crippen LogP contribution is 2.36. The Hall–Kier alpha value is -2.01. The van der Waals surface area contributed by atoms with E-state index in [1.165, 1.54) is 0 Å². The number of nitrogens with zero attached hydrogens (tertiary/aromatic N) is 4. The summed E-state index contributed by atoms with van der Waals surface area (Å²) in [5.41, 5.74) is 2.78. The van der Waals surface area contributed by atoms with Crippen molar-refractivity contribution in [2.75, 3.05) is 6.61 Å². The Bertz CT molecular complexity index is 916. The summed E-state index contributed by atoms with van der Waals surface area (Å²) in [6.07, 6.45) is 3.31. The van der Waals surface area contributed by atoms with Crippen LogP contribution in [0.2, 0.25) is 0 Å². The number of hydrogen-bond acceptors (Lipinski definition) is 6. The summed E-state index contributed by atoms with van der Waals surface area (Å²) in [6, 6.07) is 4.29. The minimum atomic E-state index is -0.663. The second-order valence-electron chi connectivity index (χ2n) is 6.19. The monoisotopic (exact) mass is 342 g/mol. The van der Waals surface area contributed by atoms with Crippen LogP contribution < -0.4 is 0 Å². The van der Waals surface area contributed by atoms with Crippen LogP contribution in [0.5, 0.6) is 0 Å². The smallest absolute Gasteiger partial charge is 0.139 e. The topological polar surface area (TPSA) is 84.0 Å². The van der Waals surface area contributed by atoms with Gasteiger partial charge in [-0.05, 0) is 31.2 Å². The van der Waals surface area contributed by atoms with Gasteiger partial charge in [0.1, 0.15) is 17.4 Å². The Morgan fingerprint density at radius 1 is 1.50 bits per heavy atom. The summed E-state index contributed by atoms with van der Waals surface area (Å²) in [5.74, 6) is 0.653. The van der Waals surface area contributed by atoms with Gasteiger partial charge < -0.3 is 14.4 Å². The Labute approximate surface area is 143 Å². The van der Waals surface area contributed by atoms with Gasteiger partial charge in [-0.15, -0.1) is 11.3 Å². The highest BCUT2D eigenvalue weighted by molar-refractivity contribution is 7.18. The third-order valence-corrected chi connectivity index (χ3v) is 5.47. The second kappa shape index (κ2) is 6.13. The van der Waals surface area contributed by atoms with E-state index >= 15 is 0 Å². The molecule has 2 unspecified atom stereocenters. The van der Waals surface area contributed by atoms with Crippen molar-refractivity contribution in [2.24, 2.45) is 0 Å². The second-order valence-corrected chi connectivity index (χ2v) is 7.11. The van der Waals surface area contributed by atoms with Gasteiger partial charge >= 0.3 is 0 Å². The van der Waals surface area contributed by atoms with Gasteiger partial charge in [-0.2, -0.15) is 5.26 Å². The van der Waals surface area contributed by atoms with Gasteiger partial charge in [-0.25, -0.2) is 4.98 Å². The van der Waals surface area contributed by atoms with E-state index < -0.39 is 6.10 Å². The zero-order valence-electron chi connectivity index (χ0n) is 13.3. The summed E-state index contributed by atoms with van der Waals surface area (Å²) in [4.78, 5) is 9.07. The first-order valence-electron chi connectivity index (χ1n) is 8.09. The minimum Gasteiger partial charge on any atom is -0.385 e. The molecule has 0 amide bonds. The first-order valence-corrected chi connectivity index (χ1v) is 8.97. The maximum atomic E-state index is 10.2. The van der Waals surface area contributed by atoms with Crippen LogP contribution in [-0.4, -0.2) is 32.4 Å². The number of fused-ring (bicyclic) bond motifs is 3. The maximum Gasteiger partial charge on any atom is 0.139 e. The van der Waals surface area contributed by atoms with Gasteiger partial charge in [-0.1, -0.05) is 0 Å². The van der Waals surface area contributed by atoms with Crippen LogP contribution in [0.25, 0.3) is 21.3 Å². The Morgan fingerprint density at radius 3 is 3.08 bits per heavy atom. The molecule has 4 heterocycles. The van der Waals surface area contributed by atoms with Crippen molar-refractivity contribution in [1.29, 1.82) is 5.26 Å². The molecule has 0 aromatic carbocycles. The summed E-state index contributed by atoms with van der Waals surface area (Å²) in [7, 11) is 0. The lowest BCUT2D eigenvalue weighted by Crippen LogP contribution is -2.29. The Kier molecular flexibility index (Phi) is 3.96. The molecule has 1 aliphatic heterocycles. The number of ether oxygens (including phenoxy) is 1. The number of aromatic nitrogens is 3. The molecule has 7 heteroatoms. The number of aliphatic hydroxyl groups excluding tert-OH is 1. The van der Waals surface area contributed by atoms with Crippen LogP contribution in [0.4, 0.5) is 0 Å². The van der Waals surface area contributed by atoms with Crippen LogP contribution in [0.3, 0.4) is 0 Å². The lowest BCUT2D eigenvalue weighted by Gasteiger charge is -2.30. The lowest BCUT2D eigenvalue weighted by molar-refractivity contribution is -0.00949. The fourth-order valence-corrected chi connectivity index (χ4v) is 4.31. The van der Waals surface area contributed by atoms with E-state index in [1.807, 2.05) is 11.4 Å². The summed E-state index contributed by atoms with van der Waals surface area (Å²) < 4.78 is 9.08. The molecule has 124 valence electrons. The maximum absolute atomic E-state index is 10.2. The predicted molar refractivity (Wildman–Crippen MR) is 91.8 cm³/mol. The highest BCUT2D eigenvalue weighted by Gasteiger charge is 2.28. The molecule has 0 aliphatic carbocycles. The number of imidazole rings is 1. The van der Waals surface area contributed by atoms with Gasteiger partial charge in [0.25, 0.3) is 0 Å². The third kappa shape index (κ3) is 2.47. The molecule has 0 saturated carbocycles. The van der Waals surface area contributed by atoms with Crippen LogP contribution in [-0.2, 0) is 4.74 Å². The fourth-order valence-electron chi connectivity index (χ4n) is 3.42. The quantitative estimate of drug-likeness (QED) is 0.789. The molecule has 3 aromatic heterocycles. The largest absolute Gasteiger partial charge is 0.385 e. The molecule has 0 spiro atoms. The highest BCUT2D eigenvalue weighted by atomic mass is 32.1. The van der Waals surface area contributed by atoms with Crippen molar-refractivity contribution in [2.45, 2.75) is 44.4 Å². The van der Waals surface area contributed by atoms with E-state index in [9.17, 15) is 5.11 Å². The first-order chi connectivity index (χ1) is 11.7. The van der Waals surface area contributed by atoms with Crippen LogP contribution >= 0.6 is 11.3 Å². The third-order valence-electron chi connectivity index (χ3n) is 4.55. The number of hydrogen-bond donors (Lipinski definition) is 1. The number of nitriles is 1. The van der Waals surface area contributed by atoms with Crippen molar-refractivity contribution >= 4 is 32.6 Å². The summed E-state index contributed by atoms with van der Waals surface area (Å²) >= 11 is 1.64. The zero-order chi connectivity index (χ0) is 16.7. The van der Waals surface area contributed by atoms with Crippen molar-refractivity contribution in [3.05, 3.63) is 23.5 Å². The molecule has 0 radical (unpaired) electrons. The van der Waals surface area contributed by atoms with E-state index in [-0.39, 0.29) is 12.1 Å². The lowest BCUT2D eigenvalue weighted by atomic mass is 10.0. The van der Waals surface area contributed by atoms with E-state index in [0.717, 1.165) is 34.1 Å². The average Bonchev–Trinajstić information content (AvgIpc) is 3.19. The van der Waals surface area contributed by atoms with E-state index in [1.54, 1.807) is 24.5 Å². The Morgan fingerprint density at radius 2 is 2.38 bits per heavy atom.